The minimum absolute atomic E-state index is 0.739. The van der Waals surface area contributed by atoms with Crippen LogP contribution in [0.3, 0.4) is 0 Å². The number of nitrogens with zero attached hydrogens (tertiary/aromatic N) is 1. The molecule has 0 aromatic heterocycles. The molecule has 12 heavy (non-hydrogen) atoms. The zero-order valence-corrected chi connectivity index (χ0v) is 8.12. The predicted molar refractivity (Wildman–Crippen MR) is 49.2 cm³/mol. The summed E-state index contributed by atoms with van der Waals surface area (Å²) in [5.41, 5.74) is 0. The van der Waals surface area contributed by atoms with E-state index in [2.05, 4.69) is 18.7 Å². The van der Waals surface area contributed by atoms with Gasteiger partial charge in [0.15, 0.2) is 0 Å². The highest BCUT2D eigenvalue weighted by atomic mass is 16.5. The maximum atomic E-state index is 5.23. The quantitative estimate of drug-likeness (QED) is 0.590. The molecule has 2 rings (SSSR count). The lowest BCUT2D eigenvalue weighted by molar-refractivity contribution is -0.0925. The SMILES string of the molecule is C[C@@H]1CCCN(C2COC2)[C@@H]1C. The van der Waals surface area contributed by atoms with E-state index in [9.17, 15) is 0 Å². The zero-order valence-electron chi connectivity index (χ0n) is 8.12. The van der Waals surface area contributed by atoms with Crippen LogP contribution in [0, 0.1) is 5.92 Å². The van der Waals surface area contributed by atoms with E-state index in [1.54, 1.807) is 0 Å². The molecule has 0 unspecified atom stereocenters. The monoisotopic (exact) mass is 169 g/mol. The molecule has 2 atom stereocenters. The number of hydrogen-bond donors (Lipinski definition) is 0. The Balaban J connectivity index is 1.93. The van der Waals surface area contributed by atoms with Crippen LogP contribution < -0.4 is 0 Å². The Kier molecular flexibility index (Phi) is 2.37. The fraction of sp³-hybridized carbons (Fsp3) is 1.00. The highest BCUT2D eigenvalue weighted by Crippen LogP contribution is 2.26. The zero-order chi connectivity index (χ0) is 8.55. The Morgan fingerprint density at radius 1 is 1.25 bits per heavy atom. The molecule has 2 heteroatoms. The fourth-order valence-corrected chi connectivity index (χ4v) is 2.30. The highest BCUT2D eigenvalue weighted by Gasteiger charge is 2.33. The first-order valence-corrected chi connectivity index (χ1v) is 5.12. The molecule has 0 aromatic carbocycles. The van der Waals surface area contributed by atoms with Crippen LogP contribution in [-0.2, 0) is 4.74 Å². The van der Waals surface area contributed by atoms with Crippen molar-refractivity contribution in [2.24, 2.45) is 5.92 Å². The average molecular weight is 169 g/mol. The van der Waals surface area contributed by atoms with Crippen molar-refractivity contribution in [3.63, 3.8) is 0 Å². The van der Waals surface area contributed by atoms with E-state index >= 15 is 0 Å². The molecule has 2 aliphatic heterocycles. The van der Waals surface area contributed by atoms with Crippen molar-refractivity contribution in [2.75, 3.05) is 19.8 Å². The number of hydrogen-bond acceptors (Lipinski definition) is 2. The van der Waals surface area contributed by atoms with Crippen LogP contribution in [-0.4, -0.2) is 36.7 Å². The first kappa shape index (κ1) is 8.52. The summed E-state index contributed by atoms with van der Waals surface area (Å²) >= 11 is 0. The summed E-state index contributed by atoms with van der Waals surface area (Å²) < 4.78 is 5.23. The van der Waals surface area contributed by atoms with Crippen LogP contribution in [0.15, 0.2) is 0 Å². The van der Waals surface area contributed by atoms with E-state index in [0.717, 1.165) is 31.2 Å². The smallest absolute Gasteiger partial charge is 0.0645 e. The Morgan fingerprint density at radius 3 is 2.58 bits per heavy atom. The molecule has 2 heterocycles. The summed E-state index contributed by atoms with van der Waals surface area (Å²) in [6.07, 6.45) is 2.78. The minimum atomic E-state index is 0.739. The summed E-state index contributed by atoms with van der Waals surface area (Å²) in [6.45, 7) is 7.96. The lowest BCUT2D eigenvalue weighted by Gasteiger charge is -2.46. The Bertz CT molecular complexity index is 156. The van der Waals surface area contributed by atoms with Crippen molar-refractivity contribution in [3.8, 4) is 0 Å². The van der Waals surface area contributed by atoms with E-state index in [-0.39, 0.29) is 0 Å². The molecule has 2 nitrogen and oxygen atoms in total. The van der Waals surface area contributed by atoms with Crippen LogP contribution in [0.5, 0.6) is 0 Å². The topological polar surface area (TPSA) is 12.5 Å². The molecule has 70 valence electrons. The van der Waals surface area contributed by atoms with Crippen LogP contribution >= 0.6 is 0 Å². The van der Waals surface area contributed by atoms with E-state index in [4.69, 9.17) is 4.74 Å². The number of rotatable bonds is 1. The van der Waals surface area contributed by atoms with Gasteiger partial charge in [0.1, 0.15) is 0 Å². The Morgan fingerprint density at radius 2 is 2.00 bits per heavy atom. The van der Waals surface area contributed by atoms with Gasteiger partial charge in [-0.2, -0.15) is 0 Å². The van der Waals surface area contributed by atoms with Gasteiger partial charge in [-0.05, 0) is 32.2 Å². The first-order valence-electron chi connectivity index (χ1n) is 5.12. The van der Waals surface area contributed by atoms with Gasteiger partial charge in [-0.15, -0.1) is 0 Å². The molecule has 2 aliphatic rings. The normalized spacial score (nSPS) is 39.5. The minimum Gasteiger partial charge on any atom is -0.378 e. The van der Waals surface area contributed by atoms with Crippen LogP contribution in [0.4, 0.5) is 0 Å². The van der Waals surface area contributed by atoms with Gasteiger partial charge in [0, 0.05) is 6.04 Å². The predicted octanol–water partition coefficient (Wildman–Crippen LogP) is 1.51. The molecule has 0 radical (unpaired) electrons. The van der Waals surface area contributed by atoms with Gasteiger partial charge in [-0.3, -0.25) is 4.90 Å². The molecule has 0 aliphatic carbocycles. The van der Waals surface area contributed by atoms with Crippen molar-refractivity contribution in [2.45, 2.75) is 38.8 Å². The standard InChI is InChI=1S/C10H19NO/c1-8-4-3-5-11(9(8)2)10-6-12-7-10/h8-10H,3-7H2,1-2H3/t8-,9-/m1/s1. The van der Waals surface area contributed by atoms with Crippen LogP contribution in [0.1, 0.15) is 26.7 Å². The third-order valence-electron chi connectivity index (χ3n) is 3.51. The molecule has 0 saturated carbocycles. The summed E-state index contributed by atoms with van der Waals surface area (Å²) in [7, 11) is 0. The third kappa shape index (κ3) is 1.38. The molecule has 2 fully saturated rings. The molecular formula is C10H19NO. The lowest BCUT2D eigenvalue weighted by atomic mass is 9.90. The summed E-state index contributed by atoms with van der Waals surface area (Å²) in [5.74, 6) is 0.874. The van der Waals surface area contributed by atoms with Crippen molar-refractivity contribution in [1.82, 2.24) is 4.90 Å². The number of likely N-dealkylation sites (tertiary alicyclic amines) is 1. The summed E-state index contributed by atoms with van der Waals surface area (Å²) in [5, 5.41) is 0. The van der Waals surface area contributed by atoms with Gasteiger partial charge in [-0.25, -0.2) is 0 Å². The van der Waals surface area contributed by atoms with E-state index < -0.39 is 0 Å². The van der Waals surface area contributed by atoms with E-state index in [1.165, 1.54) is 19.4 Å². The van der Waals surface area contributed by atoms with Crippen LogP contribution in [0.25, 0.3) is 0 Å². The first-order chi connectivity index (χ1) is 5.79. The van der Waals surface area contributed by atoms with Gasteiger partial charge in [-0.1, -0.05) is 6.92 Å². The summed E-state index contributed by atoms with van der Waals surface area (Å²) in [4.78, 5) is 2.64. The molecule has 0 bridgehead atoms. The maximum absolute atomic E-state index is 5.23. The second kappa shape index (κ2) is 3.35. The van der Waals surface area contributed by atoms with Crippen molar-refractivity contribution < 1.29 is 4.74 Å². The van der Waals surface area contributed by atoms with E-state index in [1.807, 2.05) is 0 Å². The lowest BCUT2D eigenvalue weighted by Crippen LogP contribution is -2.56. The number of ether oxygens (including phenoxy) is 1. The van der Waals surface area contributed by atoms with Crippen molar-refractivity contribution >= 4 is 0 Å². The van der Waals surface area contributed by atoms with Gasteiger partial charge in [0.2, 0.25) is 0 Å². The largest absolute Gasteiger partial charge is 0.378 e. The Labute approximate surface area is 74.9 Å². The third-order valence-corrected chi connectivity index (χ3v) is 3.51. The van der Waals surface area contributed by atoms with Crippen molar-refractivity contribution in [3.05, 3.63) is 0 Å². The average Bonchev–Trinajstić information content (AvgIpc) is 1.95. The van der Waals surface area contributed by atoms with Crippen LogP contribution in [0.2, 0.25) is 0 Å². The second-order valence-electron chi connectivity index (χ2n) is 4.29. The maximum Gasteiger partial charge on any atom is 0.0645 e. The molecule has 0 N–H and O–H groups in total. The van der Waals surface area contributed by atoms with Gasteiger partial charge < -0.3 is 4.74 Å². The fourth-order valence-electron chi connectivity index (χ4n) is 2.30. The molecule has 0 amide bonds. The van der Waals surface area contributed by atoms with Gasteiger partial charge in [0.25, 0.3) is 0 Å². The second-order valence-corrected chi connectivity index (χ2v) is 4.29. The highest BCUT2D eigenvalue weighted by molar-refractivity contribution is 4.86. The van der Waals surface area contributed by atoms with Gasteiger partial charge in [0.05, 0.1) is 19.3 Å². The molecular weight excluding hydrogens is 150 g/mol. The molecule has 2 saturated heterocycles. The van der Waals surface area contributed by atoms with Gasteiger partial charge >= 0.3 is 0 Å². The molecule has 0 spiro atoms. The van der Waals surface area contributed by atoms with E-state index in [0.29, 0.717) is 0 Å². The molecule has 0 aromatic rings. The Hall–Kier alpha value is -0.0800. The number of piperidine rings is 1. The summed E-state index contributed by atoms with van der Waals surface area (Å²) in [6, 6.07) is 1.51. The van der Waals surface area contributed by atoms with Crippen molar-refractivity contribution in [1.29, 1.82) is 0 Å².